The highest BCUT2D eigenvalue weighted by molar-refractivity contribution is 7.70. The van der Waals surface area contributed by atoms with Crippen molar-refractivity contribution in [2.24, 2.45) is 0 Å². The molecule has 0 aliphatic carbocycles. The first-order valence-electron chi connectivity index (χ1n) is 14.9. The SMILES string of the molecule is CP(C)(=O)c1ccc(-c2ccc(-c3c4ccccc4c(-c4ccc(P(C)(C)=O)cc4)c4ccccc34)c3ccccc23)cc1. The Labute approximate surface area is 259 Å². The molecule has 0 radical (unpaired) electrons. The first-order valence-corrected chi connectivity index (χ1v) is 20.1. The lowest BCUT2D eigenvalue weighted by Gasteiger charge is -2.20. The molecule has 0 atom stereocenters. The Morgan fingerprint density at radius 2 is 0.682 bits per heavy atom. The molecule has 4 heteroatoms. The van der Waals surface area contributed by atoms with Gasteiger partial charge in [-0.25, -0.2) is 0 Å². The minimum Gasteiger partial charge on any atom is -0.319 e. The summed E-state index contributed by atoms with van der Waals surface area (Å²) in [4.78, 5) is 0. The van der Waals surface area contributed by atoms with E-state index >= 15 is 0 Å². The van der Waals surface area contributed by atoms with E-state index in [0.29, 0.717) is 0 Å². The van der Waals surface area contributed by atoms with Crippen LogP contribution in [0.3, 0.4) is 0 Å². The van der Waals surface area contributed by atoms with Gasteiger partial charge in [-0.15, -0.1) is 0 Å². The first-order chi connectivity index (χ1) is 21.1. The lowest BCUT2D eigenvalue weighted by molar-refractivity contribution is 0.587. The normalized spacial score (nSPS) is 12.3. The molecule has 7 aromatic carbocycles. The highest BCUT2D eigenvalue weighted by Crippen LogP contribution is 2.46. The smallest absolute Gasteiger partial charge is 0.109 e. The molecule has 216 valence electrons. The van der Waals surface area contributed by atoms with Gasteiger partial charge in [0, 0.05) is 10.6 Å². The van der Waals surface area contributed by atoms with Gasteiger partial charge in [0.05, 0.1) is 0 Å². The third-order valence-electron chi connectivity index (χ3n) is 8.70. The Hall–Kier alpha value is -4.22. The highest BCUT2D eigenvalue weighted by atomic mass is 31.2. The summed E-state index contributed by atoms with van der Waals surface area (Å²) < 4.78 is 25.4. The van der Waals surface area contributed by atoms with Crippen LogP contribution in [-0.4, -0.2) is 26.7 Å². The number of hydrogen-bond acceptors (Lipinski definition) is 2. The van der Waals surface area contributed by atoms with Crippen LogP contribution in [0.25, 0.3) is 65.7 Å². The van der Waals surface area contributed by atoms with Crippen molar-refractivity contribution >= 4 is 57.2 Å². The maximum Gasteiger partial charge on any atom is 0.109 e. The van der Waals surface area contributed by atoms with Crippen LogP contribution in [0.15, 0.2) is 133 Å². The molecule has 44 heavy (non-hydrogen) atoms. The van der Waals surface area contributed by atoms with Gasteiger partial charge >= 0.3 is 0 Å². The lowest BCUT2D eigenvalue weighted by atomic mass is 9.84. The lowest BCUT2D eigenvalue weighted by Crippen LogP contribution is -2.01. The first kappa shape index (κ1) is 28.5. The van der Waals surface area contributed by atoms with Gasteiger partial charge in [0.25, 0.3) is 0 Å². The second-order valence-electron chi connectivity index (χ2n) is 12.3. The van der Waals surface area contributed by atoms with E-state index in [1.165, 1.54) is 49.0 Å². The molecule has 2 nitrogen and oxygen atoms in total. The number of benzene rings is 7. The van der Waals surface area contributed by atoms with Crippen molar-refractivity contribution in [3.05, 3.63) is 133 Å². The predicted octanol–water partition coefficient (Wildman–Crippen LogP) is 10.6. The predicted molar refractivity (Wildman–Crippen MR) is 193 cm³/mol. The molecule has 7 rings (SSSR count). The van der Waals surface area contributed by atoms with Crippen LogP contribution in [0.4, 0.5) is 0 Å². The molecule has 0 heterocycles. The molecular weight excluding hydrogens is 574 g/mol. The van der Waals surface area contributed by atoms with E-state index in [-0.39, 0.29) is 0 Å². The molecule has 0 bridgehead atoms. The number of fused-ring (bicyclic) bond motifs is 3. The summed E-state index contributed by atoms with van der Waals surface area (Å²) >= 11 is 0. The van der Waals surface area contributed by atoms with Crippen molar-refractivity contribution in [2.45, 2.75) is 0 Å². The van der Waals surface area contributed by atoms with Crippen LogP contribution in [0.5, 0.6) is 0 Å². The van der Waals surface area contributed by atoms with Crippen LogP contribution < -0.4 is 10.6 Å². The maximum absolute atomic E-state index is 12.8. The van der Waals surface area contributed by atoms with Crippen LogP contribution >= 0.6 is 14.3 Å². The zero-order chi connectivity index (χ0) is 30.6. The van der Waals surface area contributed by atoms with E-state index in [1.54, 1.807) is 0 Å². The van der Waals surface area contributed by atoms with Gasteiger partial charge in [-0.05, 0) is 92.4 Å². The van der Waals surface area contributed by atoms with E-state index in [0.717, 1.165) is 27.3 Å². The Kier molecular flexibility index (Phi) is 6.97. The molecule has 0 aromatic heterocycles. The van der Waals surface area contributed by atoms with Gasteiger partial charge in [0.1, 0.15) is 14.3 Å². The molecule has 0 N–H and O–H groups in total. The Balaban J connectivity index is 1.50. The second kappa shape index (κ2) is 10.7. The molecule has 7 aromatic rings. The quantitative estimate of drug-likeness (QED) is 0.144. The Morgan fingerprint density at radius 3 is 1.11 bits per heavy atom. The van der Waals surface area contributed by atoms with Gasteiger partial charge in [0.15, 0.2) is 0 Å². The van der Waals surface area contributed by atoms with Gasteiger partial charge in [-0.3, -0.25) is 0 Å². The largest absolute Gasteiger partial charge is 0.319 e. The zero-order valence-electron chi connectivity index (χ0n) is 25.4. The monoisotopic (exact) mass is 608 g/mol. The van der Waals surface area contributed by atoms with E-state index in [2.05, 4.69) is 109 Å². The topological polar surface area (TPSA) is 34.1 Å². The van der Waals surface area contributed by atoms with E-state index in [1.807, 2.05) is 50.9 Å². The molecular formula is C40H34O2P2. The zero-order valence-corrected chi connectivity index (χ0v) is 27.2. The molecule has 0 unspecified atom stereocenters. The minimum absolute atomic E-state index is 0.895. The fourth-order valence-corrected chi connectivity index (χ4v) is 8.22. The average molecular weight is 609 g/mol. The van der Waals surface area contributed by atoms with E-state index < -0.39 is 14.3 Å². The molecule has 0 fully saturated rings. The fraction of sp³-hybridized carbons (Fsp3) is 0.100. The number of rotatable bonds is 5. The van der Waals surface area contributed by atoms with Crippen LogP contribution in [-0.2, 0) is 9.13 Å². The fourth-order valence-electron chi connectivity index (χ4n) is 6.49. The minimum atomic E-state index is -2.35. The summed E-state index contributed by atoms with van der Waals surface area (Å²) in [6.07, 6.45) is 0. The second-order valence-corrected chi connectivity index (χ2v) is 18.8. The summed E-state index contributed by atoms with van der Waals surface area (Å²) in [6, 6.07) is 47.0. The van der Waals surface area contributed by atoms with Gasteiger partial charge in [-0.2, -0.15) is 0 Å². The van der Waals surface area contributed by atoms with Gasteiger partial charge in [0.2, 0.25) is 0 Å². The van der Waals surface area contributed by atoms with Gasteiger partial charge < -0.3 is 9.13 Å². The van der Waals surface area contributed by atoms with E-state index in [4.69, 9.17) is 0 Å². The molecule has 0 aliphatic rings. The third kappa shape index (κ3) is 4.93. The van der Waals surface area contributed by atoms with Crippen LogP contribution in [0.2, 0.25) is 0 Å². The van der Waals surface area contributed by atoms with Crippen molar-refractivity contribution < 1.29 is 9.13 Å². The summed E-state index contributed by atoms with van der Waals surface area (Å²) in [5.74, 6) is 0. The van der Waals surface area contributed by atoms with Crippen molar-refractivity contribution in [1.29, 1.82) is 0 Å². The summed E-state index contributed by atoms with van der Waals surface area (Å²) in [5.41, 5.74) is 7.00. The van der Waals surface area contributed by atoms with Crippen molar-refractivity contribution in [3.8, 4) is 33.4 Å². The molecule has 0 saturated heterocycles. The molecule has 0 amide bonds. The number of hydrogen-bond donors (Lipinski definition) is 0. The Bertz CT molecular complexity index is 2250. The standard InChI is InChI=1S/C40H34O2P2/c1-43(2,41)29-21-17-27(18-22-29)31-25-26-38(33-12-6-5-11-32(31)33)40-36-15-9-7-13-34(36)39(35-14-8-10-16-37(35)40)28-19-23-30(24-20-28)44(3,4)42/h5-26H,1-4H3. The van der Waals surface area contributed by atoms with Crippen molar-refractivity contribution in [1.82, 2.24) is 0 Å². The average Bonchev–Trinajstić information content (AvgIpc) is 3.02. The summed E-state index contributed by atoms with van der Waals surface area (Å²) in [7, 11) is -4.67. The summed E-state index contributed by atoms with van der Waals surface area (Å²) in [5, 5.41) is 8.95. The molecule has 0 saturated carbocycles. The third-order valence-corrected chi connectivity index (χ3v) is 11.8. The van der Waals surface area contributed by atoms with Crippen LogP contribution in [0.1, 0.15) is 0 Å². The Morgan fingerprint density at radius 1 is 0.341 bits per heavy atom. The maximum atomic E-state index is 12.8. The van der Waals surface area contributed by atoms with Crippen molar-refractivity contribution in [2.75, 3.05) is 26.7 Å². The van der Waals surface area contributed by atoms with Crippen LogP contribution in [0, 0.1) is 0 Å². The van der Waals surface area contributed by atoms with E-state index in [9.17, 15) is 9.13 Å². The molecule has 0 spiro atoms. The summed E-state index contributed by atoms with van der Waals surface area (Å²) in [6.45, 7) is 7.27. The van der Waals surface area contributed by atoms with Gasteiger partial charge in [-0.1, -0.05) is 133 Å². The van der Waals surface area contributed by atoms with Crippen molar-refractivity contribution in [3.63, 3.8) is 0 Å². The highest BCUT2D eigenvalue weighted by Gasteiger charge is 2.20. The molecule has 0 aliphatic heterocycles.